The minimum atomic E-state index is -0.0853. The molecule has 2 aliphatic heterocycles. The Hall–Kier alpha value is -0.240. The molecule has 4 nitrogen and oxygen atoms in total. The average Bonchev–Trinajstić information content (AvgIpc) is 3.21. The molecular formula is C19H28Cl2IN3O. The molecule has 0 aliphatic carbocycles. The minimum Gasteiger partial charge on any atom is -0.381 e. The lowest BCUT2D eigenvalue weighted by Gasteiger charge is -2.30. The zero-order chi connectivity index (χ0) is 18.1. The molecule has 2 heterocycles. The highest BCUT2D eigenvalue weighted by molar-refractivity contribution is 14.0. The molecule has 2 fully saturated rings. The van der Waals surface area contributed by atoms with Crippen LogP contribution in [0.5, 0.6) is 0 Å². The van der Waals surface area contributed by atoms with Crippen LogP contribution in [0.25, 0.3) is 0 Å². The number of aliphatic imine (C=N–C) groups is 1. The number of hydrogen-bond acceptors (Lipinski definition) is 2. The van der Waals surface area contributed by atoms with Gasteiger partial charge in [0.25, 0.3) is 0 Å². The van der Waals surface area contributed by atoms with Crippen molar-refractivity contribution in [1.82, 2.24) is 10.2 Å². The lowest BCUT2D eigenvalue weighted by molar-refractivity contribution is 0.156. The van der Waals surface area contributed by atoms with Crippen LogP contribution in [0.15, 0.2) is 23.2 Å². The van der Waals surface area contributed by atoms with Crippen LogP contribution in [-0.2, 0) is 10.2 Å². The molecule has 26 heavy (non-hydrogen) atoms. The van der Waals surface area contributed by atoms with Crippen LogP contribution < -0.4 is 5.32 Å². The number of nitrogens with one attached hydrogen (secondary N) is 1. The number of guanidine groups is 1. The van der Waals surface area contributed by atoms with E-state index >= 15 is 0 Å². The minimum absolute atomic E-state index is 0. The van der Waals surface area contributed by atoms with E-state index < -0.39 is 0 Å². The maximum atomic E-state index is 6.19. The molecule has 1 N–H and O–H groups in total. The number of likely N-dealkylation sites (tertiary alicyclic amines) is 1. The van der Waals surface area contributed by atoms with E-state index in [-0.39, 0.29) is 29.4 Å². The monoisotopic (exact) mass is 511 g/mol. The molecule has 0 saturated carbocycles. The van der Waals surface area contributed by atoms with Gasteiger partial charge in [0.1, 0.15) is 0 Å². The highest BCUT2D eigenvalue weighted by Gasteiger charge is 2.42. The van der Waals surface area contributed by atoms with Gasteiger partial charge in [-0.15, -0.1) is 24.0 Å². The maximum absolute atomic E-state index is 6.19. The van der Waals surface area contributed by atoms with E-state index in [9.17, 15) is 0 Å². The van der Waals surface area contributed by atoms with E-state index in [0.717, 1.165) is 50.8 Å². The van der Waals surface area contributed by atoms with Gasteiger partial charge in [0.05, 0.1) is 16.7 Å². The fraction of sp³-hybridized carbons (Fsp3) is 0.632. The predicted octanol–water partition coefficient (Wildman–Crippen LogP) is 4.58. The molecule has 0 bridgehead atoms. The molecule has 1 unspecified atom stereocenters. The molecule has 0 aromatic heterocycles. The molecule has 0 amide bonds. The summed E-state index contributed by atoms with van der Waals surface area (Å²) in [4.78, 5) is 6.86. The normalized spacial score (nSPS) is 23.4. The molecule has 3 rings (SSSR count). The van der Waals surface area contributed by atoms with Crippen LogP contribution >= 0.6 is 47.2 Å². The number of ether oxygens (including phenoxy) is 1. The zero-order valence-corrected chi connectivity index (χ0v) is 19.5. The fourth-order valence-corrected chi connectivity index (χ4v) is 4.04. The van der Waals surface area contributed by atoms with Crippen molar-refractivity contribution in [2.45, 2.75) is 32.1 Å². The van der Waals surface area contributed by atoms with Gasteiger partial charge in [-0.3, -0.25) is 4.99 Å². The Balaban J connectivity index is 0.00000243. The van der Waals surface area contributed by atoms with Crippen LogP contribution in [0, 0.1) is 5.41 Å². The van der Waals surface area contributed by atoms with Crippen molar-refractivity contribution in [3.63, 3.8) is 0 Å². The van der Waals surface area contributed by atoms with Gasteiger partial charge in [-0.05, 0) is 30.5 Å². The van der Waals surface area contributed by atoms with Gasteiger partial charge in [0.2, 0.25) is 0 Å². The Morgan fingerprint density at radius 2 is 2.08 bits per heavy atom. The summed E-state index contributed by atoms with van der Waals surface area (Å²) < 4.78 is 5.63. The highest BCUT2D eigenvalue weighted by atomic mass is 127. The predicted molar refractivity (Wildman–Crippen MR) is 120 cm³/mol. The van der Waals surface area contributed by atoms with Gasteiger partial charge in [0, 0.05) is 44.1 Å². The van der Waals surface area contributed by atoms with Crippen LogP contribution in [0.1, 0.15) is 32.3 Å². The molecule has 146 valence electrons. The van der Waals surface area contributed by atoms with Crippen molar-refractivity contribution in [1.29, 1.82) is 0 Å². The summed E-state index contributed by atoms with van der Waals surface area (Å²) in [5.41, 5.74) is 1.40. The first kappa shape index (κ1) is 22.1. The number of halogens is 3. The standard InChI is InChI=1S/C19H27Cl2N3O.HI/c1-18(2,14-4-5-15(20)16(21)10-14)11-23-17(22-3)24-8-6-19(12-24)7-9-25-13-19;/h4-5,10H,6-9,11-13H2,1-3H3,(H,22,23);1H. The van der Waals surface area contributed by atoms with Crippen LogP contribution in [-0.4, -0.2) is 50.8 Å². The van der Waals surface area contributed by atoms with Gasteiger partial charge in [-0.25, -0.2) is 0 Å². The summed E-state index contributed by atoms with van der Waals surface area (Å²) in [7, 11) is 1.85. The van der Waals surface area contributed by atoms with Crippen molar-refractivity contribution in [2.75, 3.05) is 39.9 Å². The fourth-order valence-electron chi connectivity index (χ4n) is 3.74. The molecule has 1 aromatic rings. The Bertz CT molecular complexity index is 660. The molecule has 1 spiro atoms. The van der Waals surface area contributed by atoms with Crippen molar-refractivity contribution in [2.24, 2.45) is 10.4 Å². The summed E-state index contributed by atoms with van der Waals surface area (Å²) in [6.07, 6.45) is 2.35. The average molecular weight is 512 g/mol. The van der Waals surface area contributed by atoms with Crippen LogP contribution in [0.4, 0.5) is 0 Å². The van der Waals surface area contributed by atoms with Crippen LogP contribution in [0.3, 0.4) is 0 Å². The summed E-state index contributed by atoms with van der Waals surface area (Å²) >= 11 is 12.2. The van der Waals surface area contributed by atoms with Gasteiger partial charge in [0.15, 0.2) is 5.96 Å². The van der Waals surface area contributed by atoms with Crippen LogP contribution in [0.2, 0.25) is 10.0 Å². The first-order valence-electron chi connectivity index (χ1n) is 8.84. The second-order valence-corrected chi connectivity index (χ2v) is 8.70. The van der Waals surface area contributed by atoms with E-state index in [1.54, 1.807) is 0 Å². The Morgan fingerprint density at radius 1 is 1.31 bits per heavy atom. The smallest absolute Gasteiger partial charge is 0.193 e. The first-order valence-corrected chi connectivity index (χ1v) is 9.60. The SMILES string of the molecule is CN=C(NCC(C)(C)c1ccc(Cl)c(Cl)c1)N1CCC2(CCOC2)C1.I. The third-order valence-electron chi connectivity index (χ3n) is 5.52. The number of hydrogen-bond donors (Lipinski definition) is 1. The van der Waals surface area contributed by atoms with Gasteiger partial charge < -0.3 is 15.0 Å². The summed E-state index contributed by atoms with van der Waals surface area (Å²) in [6.45, 7) is 9.01. The summed E-state index contributed by atoms with van der Waals surface area (Å²) in [5, 5.41) is 4.74. The third-order valence-corrected chi connectivity index (χ3v) is 6.26. The molecule has 2 saturated heterocycles. The lowest BCUT2D eigenvalue weighted by Crippen LogP contribution is -2.45. The number of nitrogens with zero attached hydrogens (tertiary/aromatic N) is 2. The molecule has 0 radical (unpaired) electrons. The topological polar surface area (TPSA) is 36.9 Å². The van der Waals surface area contributed by atoms with Gasteiger partial charge >= 0.3 is 0 Å². The van der Waals surface area contributed by atoms with E-state index in [1.807, 2.05) is 25.2 Å². The van der Waals surface area contributed by atoms with Gasteiger partial charge in [-0.2, -0.15) is 0 Å². The molecule has 2 aliphatic rings. The quantitative estimate of drug-likeness (QED) is 0.366. The highest BCUT2D eigenvalue weighted by Crippen LogP contribution is 2.38. The summed E-state index contributed by atoms with van der Waals surface area (Å²) in [5.74, 6) is 0.969. The molecular weight excluding hydrogens is 484 g/mol. The lowest BCUT2D eigenvalue weighted by atomic mass is 9.84. The van der Waals surface area contributed by atoms with Crippen molar-refractivity contribution < 1.29 is 4.74 Å². The first-order chi connectivity index (χ1) is 11.9. The molecule has 1 aromatic carbocycles. The Labute approximate surface area is 183 Å². The summed E-state index contributed by atoms with van der Waals surface area (Å²) in [6, 6.07) is 5.86. The van der Waals surface area contributed by atoms with E-state index in [1.165, 1.54) is 6.42 Å². The second-order valence-electron chi connectivity index (χ2n) is 7.89. The van der Waals surface area contributed by atoms with E-state index in [0.29, 0.717) is 15.5 Å². The van der Waals surface area contributed by atoms with E-state index in [4.69, 9.17) is 27.9 Å². The maximum Gasteiger partial charge on any atom is 0.193 e. The largest absolute Gasteiger partial charge is 0.381 e. The van der Waals surface area contributed by atoms with Crippen molar-refractivity contribution in [3.8, 4) is 0 Å². The molecule has 1 atom stereocenters. The van der Waals surface area contributed by atoms with E-state index in [2.05, 4.69) is 29.1 Å². The number of benzene rings is 1. The molecule has 7 heteroatoms. The number of rotatable bonds is 3. The Morgan fingerprint density at radius 3 is 2.69 bits per heavy atom. The van der Waals surface area contributed by atoms with Crippen molar-refractivity contribution in [3.05, 3.63) is 33.8 Å². The Kier molecular flexibility index (Phi) is 7.50. The second kappa shape index (κ2) is 8.84. The third kappa shape index (κ3) is 4.78. The zero-order valence-electron chi connectivity index (χ0n) is 15.6. The van der Waals surface area contributed by atoms with Crippen molar-refractivity contribution >= 4 is 53.1 Å². The van der Waals surface area contributed by atoms with Gasteiger partial charge in [-0.1, -0.05) is 43.1 Å².